The molecule has 0 saturated heterocycles. The first-order chi connectivity index (χ1) is 10.7. The number of carbonyl (C=O) groups excluding carboxylic acids is 1. The van der Waals surface area contributed by atoms with Gasteiger partial charge >= 0.3 is 0 Å². The Morgan fingerprint density at radius 3 is 2.33 bits per heavy atom. The van der Waals surface area contributed by atoms with Crippen LogP contribution in [0.15, 0.2) is 29.2 Å². The van der Waals surface area contributed by atoms with Crippen molar-refractivity contribution in [2.24, 2.45) is 11.7 Å². The largest absolute Gasteiger partial charge is 0.351 e. The van der Waals surface area contributed by atoms with Crippen molar-refractivity contribution in [2.45, 2.75) is 44.2 Å². The fourth-order valence-corrected chi connectivity index (χ4v) is 3.40. The van der Waals surface area contributed by atoms with Crippen molar-refractivity contribution in [1.82, 2.24) is 10.0 Å². The zero-order valence-electron chi connectivity index (χ0n) is 14.0. The Morgan fingerprint density at radius 1 is 1.25 bits per heavy atom. The van der Waals surface area contributed by atoms with Crippen LogP contribution in [0.2, 0.25) is 0 Å². The van der Waals surface area contributed by atoms with Crippen molar-refractivity contribution in [3.63, 3.8) is 0 Å². The minimum absolute atomic E-state index is 0. The van der Waals surface area contributed by atoms with Crippen molar-refractivity contribution in [3.8, 4) is 0 Å². The number of nitrogens with two attached hydrogens (primary N) is 1. The summed E-state index contributed by atoms with van der Waals surface area (Å²) in [6, 6.07) is 3.72. The predicted octanol–water partition coefficient (Wildman–Crippen LogP) is 1.40. The van der Waals surface area contributed by atoms with Gasteiger partial charge in [-0.15, -0.1) is 12.4 Å². The molecule has 2 unspecified atom stereocenters. The van der Waals surface area contributed by atoms with Gasteiger partial charge in [0.15, 0.2) is 0 Å². The summed E-state index contributed by atoms with van der Waals surface area (Å²) in [4.78, 5) is 11.6. The molecule has 0 aromatic heterocycles. The topological polar surface area (TPSA) is 101 Å². The Kier molecular flexibility index (Phi) is 9.42. The monoisotopic (exact) mass is 381 g/mol. The second-order valence-corrected chi connectivity index (χ2v) is 7.53. The third kappa shape index (κ3) is 6.72. The van der Waals surface area contributed by atoms with E-state index in [2.05, 4.69) is 10.0 Å². The molecule has 1 amide bonds. The van der Waals surface area contributed by atoms with Gasteiger partial charge in [0.2, 0.25) is 15.9 Å². The smallest absolute Gasteiger partial charge is 0.244 e. The summed E-state index contributed by atoms with van der Waals surface area (Å²) in [5.74, 6) is -1.03. The molecule has 0 bridgehead atoms. The molecule has 0 spiro atoms. The van der Waals surface area contributed by atoms with E-state index in [4.69, 9.17) is 5.73 Å². The maximum absolute atomic E-state index is 13.6. The van der Waals surface area contributed by atoms with Crippen molar-refractivity contribution < 1.29 is 17.6 Å². The lowest BCUT2D eigenvalue weighted by molar-refractivity contribution is -0.123. The molecule has 0 aliphatic heterocycles. The standard InChI is InChI=1S/C15H24FN3O3S.ClH/c1-10(2)8-12(9-17)18-15(20)11(3)19-23(21,22)14-7-5-4-6-13(14)16;/h4-7,10-12,19H,8-9,17H2,1-3H3,(H,18,20);1H. The van der Waals surface area contributed by atoms with Crippen LogP contribution in [0.25, 0.3) is 0 Å². The molecule has 0 heterocycles. The molecule has 24 heavy (non-hydrogen) atoms. The number of hydrogen-bond donors (Lipinski definition) is 3. The molecule has 6 nitrogen and oxygen atoms in total. The molecule has 138 valence electrons. The first kappa shape index (κ1) is 22.8. The highest BCUT2D eigenvalue weighted by Crippen LogP contribution is 2.13. The van der Waals surface area contributed by atoms with E-state index in [-0.39, 0.29) is 25.0 Å². The van der Waals surface area contributed by atoms with Gasteiger partial charge in [0.05, 0.1) is 6.04 Å². The van der Waals surface area contributed by atoms with Gasteiger partial charge in [0.25, 0.3) is 0 Å². The zero-order valence-corrected chi connectivity index (χ0v) is 15.6. The summed E-state index contributed by atoms with van der Waals surface area (Å²) in [7, 11) is -4.12. The van der Waals surface area contributed by atoms with Gasteiger partial charge in [0, 0.05) is 12.6 Å². The Labute approximate surface area is 148 Å². The van der Waals surface area contributed by atoms with E-state index in [0.717, 1.165) is 12.1 Å². The molecule has 9 heteroatoms. The predicted molar refractivity (Wildman–Crippen MR) is 93.9 cm³/mol. The average Bonchev–Trinajstić information content (AvgIpc) is 2.45. The maximum atomic E-state index is 13.6. The van der Waals surface area contributed by atoms with E-state index in [1.54, 1.807) is 0 Å². The van der Waals surface area contributed by atoms with E-state index in [1.165, 1.54) is 19.1 Å². The van der Waals surface area contributed by atoms with Gasteiger partial charge in [0.1, 0.15) is 10.7 Å². The molecule has 0 aliphatic rings. The first-order valence-electron chi connectivity index (χ1n) is 7.44. The van der Waals surface area contributed by atoms with Crippen molar-refractivity contribution in [1.29, 1.82) is 0 Å². The minimum Gasteiger partial charge on any atom is -0.351 e. The lowest BCUT2D eigenvalue weighted by Crippen LogP contribution is -2.50. The second kappa shape index (κ2) is 9.93. The van der Waals surface area contributed by atoms with Crippen molar-refractivity contribution in [3.05, 3.63) is 30.1 Å². The van der Waals surface area contributed by atoms with Crippen molar-refractivity contribution >= 4 is 28.3 Å². The molecule has 0 aliphatic carbocycles. The molecular formula is C15H25ClFN3O3S. The lowest BCUT2D eigenvalue weighted by atomic mass is 10.0. The van der Waals surface area contributed by atoms with E-state index in [9.17, 15) is 17.6 Å². The Hall–Kier alpha value is -1.22. The number of amides is 1. The van der Waals surface area contributed by atoms with Gasteiger partial charge in [-0.05, 0) is 31.4 Å². The number of nitrogens with one attached hydrogen (secondary N) is 2. The Bertz CT molecular complexity index is 641. The van der Waals surface area contributed by atoms with E-state index in [0.29, 0.717) is 12.3 Å². The van der Waals surface area contributed by atoms with E-state index < -0.39 is 32.7 Å². The third-order valence-corrected chi connectivity index (χ3v) is 4.81. The fourth-order valence-electron chi connectivity index (χ4n) is 2.12. The van der Waals surface area contributed by atoms with Gasteiger partial charge in [-0.2, -0.15) is 4.72 Å². The second-order valence-electron chi connectivity index (χ2n) is 5.84. The molecule has 2 atom stereocenters. The molecule has 0 saturated carbocycles. The van der Waals surface area contributed by atoms with Crippen LogP contribution in [-0.4, -0.2) is 33.0 Å². The minimum atomic E-state index is -4.12. The zero-order chi connectivity index (χ0) is 17.6. The Balaban J connectivity index is 0.00000529. The van der Waals surface area contributed by atoms with Gasteiger partial charge in [-0.3, -0.25) is 4.79 Å². The van der Waals surface area contributed by atoms with Crippen LogP contribution in [0.4, 0.5) is 4.39 Å². The highest BCUT2D eigenvalue weighted by atomic mass is 35.5. The SMILES string of the molecule is CC(C)CC(CN)NC(=O)C(C)NS(=O)(=O)c1ccccc1F.Cl. The molecule has 0 radical (unpaired) electrons. The summed E-state index contributed by atoms with van der Waals surface area (Å²) in [5, 5.41) is 2.70. The summed E-state index contributed by atoms with van der Waals surface area (Å²) in [5.41, 5.74) is 5.60. The Morgan fingerprint density at radius 2 is 1.83 bits per heavy atom. The summed E-state index contributed by atoms with van der Waals surface area (Å²) < 4.78 is 40.1. The number of hydrogen-bond acceptors (Lipinski definition) is 4. The normalized spacial score (nSPS) is 13.9. The van der Waals surface area contributed by atoms with Crippen LogP contribution >= 0.6 is 12.4 Å². The van der Waals surface area contributed by atoms with Gasteiger partial charge in [-0.1, -0.05) is 26.0 Å². The number of rotatable bonds is 8. The number of halogens is 2. The molecule has 0 fully saturated rings. The van der Waals surface area contributed by atoms with Crippen LogP contribution in [-0.2, 0) is 14.8 Å². The van der Waals surface area contributed by atoms with Crippen molar-refractivity contribution in [2.75, 3.05) is 6.54 Å². The summed E-state index contributed by atoms with van der Waals surface area (Å²) in [6.45, 7) is 5.66. The third-order valence-electron chi connectivity index (χ3n) is 3.24. The molecular weight excluding hydrogens is 357 g/mol. The van der Waals surface area contributed by atoms with Crippen LogP contribution in [0.5, 0.6) is 0 Å². The number of carbonyl (C=O) groups is 1. The van der Waals surface area contributed by atoms with Crippen LogP contribution < -0.4 is 15.8 Å². The van der Waals surface area contributed by atoms with Crippen LogP contribution in [0, 0.1) is 11.7 Å². The van der Waals surface area contributed by atoms with Crippen LogP contribution in [0.3, 0.4) is 0 Å². The quantitative estimate of drug-likeness (QED) is 0.633. The molecule has 4 N–H and O–H groups in total. The first-order valence-corrected chi connectivity index (χ1v) is 8.93. The number of benzene rings is 1. The van der Waals surface area contributed by atoms with Crippen LogP contribution in [0.1, 0.15) is 27.2 Å². The summed E-state index contributed by atoms with van der Waals surface area (Å²) in [6.07, 6.45) is 0.690. The van der Waals surface area contributed by atoms with E-state index >= 15 is 0 Å². The summed E-state index contributed by atoms with van der Waals surface area (Å²) >= 11 is 0. The number of sulfonamides is 1. The fraction of sp³-hybridized carbons (Fsp3) is 0.533. The highest BCUT2D eigenvalue weighted by molar-refractivity contribution is 7.89. The molecule has 1 aromatic carbocycles. The lowest BCUT2D eigenvalue weighted by Gasteiger charge is -2.21. The highest BCUT2D eigenvalue weighted by Gasteiger charge is 2.25. The molecule has 1 rings (SSSR count). The van der Waals surface area contributed by atoms with Gasteiger partial charge in [-0.25, -0.2) is 12.8 Å². The van der Waals surface area contributed by atoms with Gasteiger partial charge < -0.3 is 11.1 Å². The maximum Gasteiger partial charge on any atom is 0.244 e. The molecule has 1 aromatic rings. The van der Waals surface area contributed by atoms with E-state index in [1.807, 2.05) is 13.8 Å². The average molecular weight is 382 g/mol.